The summed E-state index contributed by atoms with van der Waals surface area (Å²) in [6, 6.07) is 0. The maximum atomic E-state index is 10.6. The molecule has 0 amide bonds. The molecule has 1 heterocycles. The van der Waals surface area contributed by atoms with E-state index >= 15 is 0 Å². The molecule has 0 spiro atoms. The molecule has 1 rings (SSSR count). The van der Waals surface area contributed by atoms with Crippen molar-refractivity contribution in [3.63, 3.8) is 0 Å². The van der Waals surface area contributed by atoms with E-state index in [4.69, 9.17) is 19.2 Å². The van der Waals surface area contributed by atoms with Crippen molar-refractivity contribution in [1.29, 1.82) is 0 Å². The Morgan fingerprint density at radius 3 is 2.30 bits per heavy atom. The first-order valence-corrected chi connectivity index (χ1v) is 5.96. The van der Waals surface area contributed by atoms with Crippen LogP contribution in [0, 0.1) is 5.92 Å². The second kappa shape index (κ2) is 11.2. The molecule has 1 saturated heterocycles. The molecule has 0 radical (unpaired) electrons. The van der Waals surface area contributed by atoms with E-state index < -0.39 is 24.0 Å². The molecule has 118 valence electrons. The Bertz CT molecular complexity index is 274. The van der Waals surface area contributed by atoms with Crippen LogP contribution in [0.3, 0.4) is 0 Å². The zero-order chi connectivity index (χ0) is 14.1. The van der Waals surface area contributed by atoms with Gasteiger partial charge >= 0.3 is 21.1 Å². The van der Waals surface area contributed by atoms with Gasteiger partial charge in [0.1, 0.15) is 12.7 Å². The van der Waals surface area contributed by atoms with Gasteiger partial charge in [-0.05, 0) is 12.8 Å². The first-order valence-electron chi connectivity index (χ1n) is 5.96. The summed E-state index contributed by atoms with van der Waals surface area (Å²) in [4.78, 5) is 31.0. The van der Waals surface area contributed by atoms with E-state index in [-0.39, 0.29) is 47.1 Å². The summed E-state index contributed by atoms with van der Waals surface area (Å²) in [6.45, 7) is 1.56. The zero-order valence-corrected chi connectivity index (χ0v) is 13.0. The predicted octanol–water partition coefficient (Wildman–Crippen LogP) is -2.76. The van der Waals surface area contributed by atoms with Gasteiger partial charge in [0.15, 0.2) is 0 Å². The van der Waals surface area contributed by atoms with Crippen molar-refractivity contribution in [2.24, 2.45) is 5.92 Å². The summed E-state index contributed by atoms with van der Waals surface area (Å²) in [5.74, 6) is -5.01. The van der Waals surface area contributed by atoms with Gasteiger partial charge in [0.25, 0.3) is 0 Å². The Balaban J connectivity index is 0.00000361. The maximum Gasteiger partial charge on any atom is 2.00 e. The summed E-state index contributed by atoms with van der Waals surface area (Å²) < 4.78 is 10.3. The normalized spacial score (nSPS) is 20.9. The molecule has 1 fully saturated rings. The number of carbonyl (C=O) groups is 2. The van der Waals surface area contributed by atoms with Crippen molar-refractivity contribution in [1.82, 2.24) is 0 Å². The average Bonchev–Trinajstić information content (AvgIpc) is 2.36. The summed E-state index contributed by atoms with van der Waals surface area (Å²) >= 11 is 0. The number of aliphatic carboxylic acids is 2. The molecule has 20 heavy (non-hydrogen) atoms. The molecule has 0 saturated carbocycles. The summed E-state index contributed by atoms with van der Waals surface area (Å²) in [5.41, 5.74) is 0. The van der Waals surface area contributed by atoms with Gasteiger partial charge in [-0.3, -0.25) is 0 Å². The molecule has 0 aromatic heterocycles. The third-order valence-electron chi connectivity index (χ3n) is 2.54. The Labute approximate surface area is 130 Å². The monoisotopic (exact) mass is 471 g/mol. The Morgan fingerprint density at radius 2 is 1.65 bits per heavy atom. The quantitative estimate of drug-likeness (QED) is 0.313. The number of ether oxygens (including phenoxy) is 2. The van der Waals surface area contributed by atoms with E-state index in [2.05, 4.69) is 0 Å². The molecule has 0 N–H and O–H groups in total. The van der Waals surface area contributed by atoms with Crippen LogP contribution in [0.1, 0.15) is 12.8 Å². The third kappa shape index (κ3) is 7.91. The molecule has 0 bridgehead atoms. The Hall–Kier alpha value is -0.532. The summed E-state index contributed by atoms with van der Waals surface area (Å²) in [6.07, 6.45) is -0.564. The van der Waals surface area contributed by atoms with Crippen LogP contribution in [0.5, 0.6) is 0 Å². The van der Waals surface area contributed by atoms with Crippen LogP contribution < -0.4 is 10.2 Å². The molecule has 1 unspecified atom stereocenters. The SMILES string of the molecule is O=C([O-])C(CCC1COCCOCCOO1)C(=O)[O-].[Pt+2]. The second-order valence-corrected chi connectivity index (χ2v) is 4.00. The molecule has 1 atom stereocenters. The first-order chi connectivity index (χ1) is 9.11. The van der Waals surface area contributed by atoms with E-state index in [1.807, 2.05) is 0 Å². The fraction of sp³-hybridized carbons (Fsp3) is 0.818. The summed E-state index contributed by atoms with van der Waals surface area (Å²) in [5, 5.41) is 21.2. The van der Waals surface area contributed by atoms with Crippen molar-refractivity contribution in [2.45, 2.75) is 18.9 Å². The molecule has 1 aliphatic heterocycles. The number of carboxylic acid groups (broad SMARTS) is 2. The standard InChI is InChI=1S/C11H18O8.Pt/c12-10(13)9(11(14)15)2-1-8-7-17-4-3-16-5-6-18-19-8;/h8-9H,1-7H2,(H,12,13)(H,14,15);/q;+2/p-2. The molecular weight excluding hydrogens is 455 g/mol. The molecule has 8 nitrogen and oxygen atoms in total. The van der Waals surface area contributed by atoms with E-state index in [1.54, 1.807) is 0 Å². The molecular formula is C11H16O8Pt. The number of hydrogen-bond acceptors (Lipinski definition) is 8. The smallest absolute Gasteiger partial charge is 0.549 e. The van der Waals surface area contributed by atoms with E-state index in [1.165, 1.54) is 0 Å². The van der Waals surface area contributed by atoms with Gasteiger partial charge in [-0.1, -0.05) is 0 Å². The van der Waals surface area contributed by atoms with E-state index in [0.29, 0.717) is 19.8 Å². The van der Waals surface area contributed by atoms with Crippen molar-refractivity contribution in [3.8, 4) is 0 Å². The van der Waals surface area contributed by atoms with Crippen LogP contribution in [-0.4, -0.2) is 51.1 Å². The Morgan fingerprint density at radius 1 is 1.05 bits per heavy atom. The van der Waals surface area contributed by atoms with Gasteiger partial charge in [0, 0.05) is 5.92 Å². The fourth-order valence-electron chi connectivity index (χ4n) is 1.52. The van der Waals surface area contributed by atoms with Gasteiger partial charge in [-0.15, -0.1) is 0 Å². The van der Waals surface area contributed by atoms with E-state index in [9.17, 15) is 19.8 Å². The van der Waals surface area contributed by atoms with Crippen molar-refractivity contribution >= 4 is 11.9 Å². The van der Waals surface area contributed by atoms with Crippen LogP contribution in [0.15, 0.2) is 0 Å². The molecule has 1 aliphatic rings. The minimum Gasteiger partial charge on any atom is -0.549 e. The summed E-state index contributed by atoms with van der Waals surface area (Å²) in [7, 11) is 0. The number of hydrogen-bond donors (Lipinski definition) is 0. The molecule has 0 aromatic carbocycles. The van der Waals surface area contributed by atoms with Crippen molar-refractivity contribution in [2.75, 3.05) is 33.0 Å². The van der Waals surface area contributed by atoms with Gasteiger partial charge in [-0.2, -0.15) is 0 Å². The van der Waals surface area contributed by atoms with Crippen LogP contribution in [0.25, 0.3) is 0 Å². The van der Waals surface area contributed by atoms with Crippen LogP contribution in [0.4, 0.5) is 0 Å². The predicted molar refractivity (Wildman–Crippen MR) is 55.2 cm³/mol. The van der Waals surface area contributed by atoms with Gasteiger partial charge < -0.3 is 29.3 Å². The van der Waals surface area contributed by atoms with Gasteiger partial charge in [0.05, 0.1) is 38.4 Å². The van der Waals surface area contributed by atoms with Crippen LogP contribution in [0.2, 0.25) is 0 Å². The number of carbonyl (C=O) groups excluding carboxylic acids is 2. The first kappa shape index (κ1) is 19.5. The molecule has 0 aromatic rings. The fourth-order valence-corrected chi connectivity index (χ4v) is 1.52. The minimum atomic E-state index is -1.67. The second-order valence-electron chi connectivity index (χ2n) is 4.00. The minimum absolute atomic E-state index is 0. The number of rotatable bonds is 5. The van der Waals surface area contributed by atoms with Gasteiger partial charge in [-0.25, -0.2) is 9.78 Å². The van der Waals surface area contributed by atoms with Crippen molar-refractivity contribution < 1.29 is 60.1 Å². The van der Waals surface area contributed by atoms with Crippen LogP contribution in [-0.2, 0) is 49.9 Å². The van der Waals surface area contributed by atoms with Gasteiger partial charge in [0.2, 0.25) is 0 Å². The maximum absolute atomic E-state index is 10.6. The molecule has 9 heteroatoms. The zero-order valence-electron chi connectivity index (χ0n) is 10.7. The van der Waals surface area contributed by atoms with Crippen molar-refractivity contribution in [3.05, 3.63) is 0 Å². The Kier molecular flexibility index (Phi) is 10.9. The topological polar surface area (TPSA) is 117 Å². The largest absolute Gasteiger partial charge is 2.00 e. The third-order valence-corrected chi connectivity index (χ3v) is 2.54. The number of carboxylic acids is 2. The van der Waals surface area contributed by atoms with Crippen LogP contribution >= 0.6 is 0 Å². The van der Waals surface area contributed by atoms with E-state index in [0.717, 1.165) is 0 Å². The average molecular weight is 471 g/mol. The molecule has 0 aliphatic carbocycles.